The molecule has 2 heterocycles. The van der Waals surface area contributed by atoms with Crippen LogP contribution >= 0.6 is 11.8 Å². The molecule has 3 aromatic rings. The van der Waals surface area contributed by atoms with Crippen molar-refractivity contribution in [3.8, 4) is 0 Å². The van der Waals surface area contributed by atoms with Crippen molar-refractivity contribution in [2.45, 2.75) is 44.3 Å². The summed E-state index contributed by atoms with van der Waals surface area (Å²) in [5.74, 6) is 0.452. The molecule has 1 aliphatic carbocycles. The average molecular weight is 469 g/mol. The number of aromatic nitrogens is 2. The molecule has 2 atom stereocenters. The molecule has 2 aromatic carbocycles. The van der Waals surface area contributed by atoms with Crippen LogP contribution in [0.3, 0.4) is 0 Å². The predicted molar refractivity (Wildman–Crippen MR) is 137 cm³/mol. The SMILES string of the molecule is Cc1cc(C)nc(SCC(=O)N2N=C3C(=Cc4ccccc4)CCCC3C2c2ccccc2)n1. The highest BCUT2D eigenvalue weighted by molar-refractivity contribution is 7.99. The van der Waals surface area contributed by atoms with Crippen molar-refractivity contribution in [2.24, 2.45) is 11.0 Å². The third-order valence-corrected chi connectivity index (χ3v) is 7.16. The van der Waals surface area contributed by atoms with E-state index in [1.165, 1.54) is 22.9 Å². The van der Waals surface area contributed by atoms with Gasteiger partial charge in [0.15, 0.2) is 5.16 Å². The summed E-state index contributed by atoms with van der Waals surface area (Å²) in [5.41, 5.74) is 6.42. The average Bonchev–Trinajstić information content (AvgIpc) is 3.24. The quantitative estimate of drug-likeness (QED) is 0.340. The number of allylic oxidation sites excluding steroid dienone is 1. The Morgan fingerprint density at radius 2 is 1.71 bits per heavy atom. The highest BCUT2D eigenvalue weighted by atomic mass is 32.2. The van der Waals surface area contributed by atoms with Gasteiger partial charge >= 0.3 is 0 Å². The first-order valence-electron chi connectivity index (χ1n) is 11.7. The maximum absolute atomic E-state index is 13.5. The number of rotatable bonds is 5. The molecular formula is C28H28N4OS. The zero-order valence-electron chi connectivity index (χ0n) is 19.5. The van der Waals surface area contributed by atoms with Crippen LogP contribution < -0.4 is 0 Å². The Balaban J connectivity index is 1.45. The molecular weight excluding hydrogens is 440 g/mol. The lowest BCUT2D eigenvalue weighted by Gasteiger charge is -2.29. The molecule has 1 aliphatic heterocycles. The first-order chi connectivity index (χ1) is 16.6. The number of fused-ring (bicyclic) bond motifs is 1. The summed E-state index contributed by atoms with van der Waals surface area (Å²) in [6.07, 6.45) is 5.35. The number of amides is 1. The van der Waals surface area contributed by atoms with E-state index in [0.717, 1.165) is 41.9 Å². The van der Waals surface area contributed by atoms with Gasteiger partial charge < -0.3 is 0 Å². The van der Waals surface area contributed by atoms with E-state index >= 15 is 0 Å². The maximum atomic E-state index is 13.5. The normalized spacial score (nSPS) is 20.8. The molecule has 5 rings (SSSR count). The van der Waals surface area contributed by atoms with Gasteiger partial charge in [0, 0.05) is 17.3 Å². The largest absolute Gasteiger partial charge is 0.272 e. The Morgan fingerprint density at radius 3 is 2.41 bits per heavy atom. The fourth-order valence-corrected chi connectivity index (χ4v) is 5.69. The van der Waals surface area contributed by atoms with Crippen molar-refractivity contribution in [1.82, 2.24) is 15.0 Å². The molecule has 34 heavy (non-hydrogen) atoms. The van der Waals surface area contributed by atoms with E-state index in [0.29, 0.717) is 5.16 Å². The van der Waals surface area contributed by atoms with Gasteiger partial charge in [-0.3, -0.25) is 4.79 Å². The Hall–Kier alpha value is -3.25. The molecule has 0 bridgehead atoms. The number of hydrazone groups is 1. The lowest BCUT2D eigenvalue weighted by atomic mass is 9.77. The summed E-state index contributed by atoms with van der Waals surface area (Å²) in [6, 6.07) is 22.5. The molecule has 1 aromatic heterocycles. The van der Waals surface area contributed by atoms with Gasteiger partial charge in [0.25, 0.3) is 5.91 Å². The Bertz CT molecular complexity index is 1220. The number of hydrogen-bond acceptors (Lipinski definition) is 5. The number of thioether (sulfide) groups is 1. The summed E-state index contributed by atoms with van der Waals surface area (Å²) in [5, 5.41) is 7.34. The van der Waals surface area contributed by atoms with Gasteiger partial charge in [-0.05, 0) is 62.0 Å². The van der Waals surface area contributed by atoms with Gasteiger partial charge in [0.2, 0.25) is 0 Å². The smallest absolute Gasteiger partial charge is 0.253 e. The van der Waals surface area contributed by atoms with E-state index in [1.54, 1.807) is 5.01 Å². The van der Waals surface area contributed by atoms with Gasteiger partial charge in [-0.2, -0.15) is 5.10 Å². The minimum atomic E-state index is -0.0797. The molecule has 1 fully saturated rings. The number of nitrogens with zero attached hydrogens (tertiary/aromatic N) is 4. The fraction of sp³-hybridized carbons (Fsp3) is 0.286. The van der Waals surface area contributed by atoms with Gasteiger partial charge in [-0.15, -0.1) is 0 Å². The van der Waals surface area contributed by atoms with Crippen molar-refractivity contribution in [1.29, 1.82) is 0 Å². The summed E-state index contributed by atoms with van der Waals surface area (Å²) >= 11 is 1.38. The third-order valence-electron chi connectivity index (χ3n) is 6.33. The fourth-order valence-electron chi connectivity index (χ4n) is 4.89. The lowest BCUT2D eigenvalue weighted by molar-refractivity contribution is -0.130. The van der Waals surface area contributed by atoms with Crippen molar-refractivity contribution >= 4 is 29.5 Å². The molecule has 6 heteroatoms. The topological polar surface area (TPSA) is 58.5 Å². The lowest BCUT2D eigenvalue weighted by Crippen LogP contribution is -2.32. The van der Waals surface area contributed by atoms with E-state index in [9.17, 15) is 4.79 Å². The molecule has 0 saturated heterocycles. The highest BCUT2D eigenvalue weighted by Gasteiger charge is 2.43. The van der Waals surface area contributed by atoms with Crippen LogP contribution in [0.5, 0.6) is 0 Å². The van der Waals surface area contributed by atoms with Crippen LogP contribution in [0.15, 0.2) is 82.6 Å². The van der Waals surface area contributed by atoms with Crippen LogP contribution in [0.1, 0.15) is 47.8 Å². The molecule has 1 amide bonds. The predicted octanol–water partition coefficient (Wildman–Crippen LogP) is 6.01. The molecule has 2 aliphatic rings. The summed E-state index contributed by atoms with van der Waals surface area (Å²) in [4.78, 5) is 22.5. The van der Waals surface area contributed by atoms with Crippen molar-refractivity contribution < 1.29 is 4.79 Å². The first-order valence-corrected chi connectivity index (χ1v) is 12.7. The summed E-state index contributed by atoms with van der Waals surface area (Å²) in [7, 11) is 0. The zero-order chi connectivity index (χ0) is 23.5. The highest BCUT2D eigenvalue weighted by Crippen LogP contribution is 2.44. The number of benzene rings is 2. The minimum Gasteiger partial charge on any atom is -0.272 e. The van der Waals surface area contributed by atoms with Crippen LogP contribution in [0.2, 0.25) is 0 Å². The van der Waals surface area contributed by atoms with Crippen LogP contribution in [0.4, 0.5) is 0 Å². The van der Waals surface area contributed by atoms with Crippen LogP contribution in [0.25, 0.3) is 6.08 Å². The second-order valence-corrected chi connectivity index (χ2v) is 9.82. The Morgan fingerprint density at radius 1 is 1.03 bits per heavy atom. The summed E-state index contributed by atoms with van der Waals surface area (Å²) < 4.78 is 0. The van der Waals surface area contributed by atoms with Crippen LogP contribution in [0, 0.1) is 19.8 Å². The number of hydrogen-bond donors (Lipinski definition) is 0. The van der Waals surface area contributed by atoms with E-state index in [2.05, 4.69) is 52.4 Å². The van der Waals surface area contributed by atoms with Gasteiger partial charge in [0.05, 0.1) is 17.5 Å². The molecule has 0 N–H and O–H groups in total. The third kappa shape index (κ3) is 4.82. The van der Waals surface area contributed by atoms with Gasteiger partial charge in [0.1, 0.15) is 0 Å². The first kappa shape index (κ1) is 22.5. The van der Waals surface area contributed by atoms with Crippen LogP contribution in [-0.4, -0.2) is 32.3 Å². The van der Waals surface area contributed by atoms with E-state index < -0.39 is 0 Å². The van der Waals surface area contributed by atoms with E-state index in [-0.39, 0.29) is 23.6 Å². The number of aryl methyl sites for hydroxylation is 2. The molecule has 0 radical (unpaired) electrons. The molecule has 5 nitrogen and oxygen atoms in total. The molecule has 0 spiro atoms. The summed E-state index contributed by atoms with van der Waals surface area (Å²) in [6.45, 7) is 3.90. The Kier molecular flexibility index (Phi) is 6.59. The van der Waals surface area contributed by atoms with Crippen molar-refractivity contribution in [2.75, 3.05) is 5.75 Å². The number of carbonyl (C=O) groups is 1. The van der Waals surface area contributed by atoms with Crippen molar-refractivity contribution in [3.63, 3.8) is 0 Å². The second-order valence-electron chi connectivity index (χ2n) is 8.88. The zero-order valence-corrected chi connectivity index (χ0v) is 20.3. The van der Waals surface area contributed by atoms with E-state index in [1.807, 2.05) is 44.2 Å². The van der Waals surface area contributed by atoms with E-state index in [4.69, 9.17) is 5.10 Å². The van der Waals surface area contributed by atoms with Gasteiger partial charge in [-0.1, -0.05) is 72.4 Å². The van der Waals surface area contributed by atoms with Gasteiger partial charge in [-0.25, -0.2) is 15.0 Å². The maximum Gasteiger partial charge on any atom is 0.253 e. The molecule has 172 valence electrons. The van der Waals surface area contributed by atoms with Crippen molar-refractivity contribution in [3.05, 3.63) is 94.8 Å². The molecule has 1 saturated carbocycles. The number of carbonyl (C=O) groups excluding carboxylic acids is 1. The monoisotopic (exact) mass is 468 g/mol. The standard InChI is InChI=1S/C28H28N4OS/c1-19-16-20(2)30-28(29-19)34-18-25(33)32-27(22-12-7-4-8-13-22)24-15-9-14-23(26(24)31-32)17-21-10-5-3-6-11-21/h3-8,10-13,16-17,24,27H,9,14-15,18H2,1-2H3. The van der Waals surface area contributed by atoms with Crippen LogP contribution in [-0.2, 0) is 4.79 Å². The Labute approximate surface area is 205 Å². The molecule has 2 unspecified atom stereocenters. The minimum absolute atomic E-state index is 0.0115. The second kappa shape index (κ2) is 9.94.